The van der Waals surface area contributed by atoms with Crippen LogP contribution in [0.15, 0.2) is 197 Å². The van der Waals surface area contributed by atoms with Crippen LogP contribution in [0.3, 0.4) is 0 Å². The molecule has 0 bridgehead atoms. The van der Waals surface area contributed by atoms with Gasteiger partial charge in [-0.05, 0) is 201 Å². The summed E-state index contributed by atoms with van der Waals surface area (Å²) < 4.78 is 117. The minimum absolute atomic E-state index is 0.0790. The van der Waals surface area contributed by atoms with Gasteiger partial charge in [-0.25, -0.2) is 22.0 Å². The number of aliphatic hydroxyl groups excluding tert-OH is 1. The topological polar surface area (TPSA) is 343 Å². The van der Waals surface area contributed by atoms with Gasteiger partial charge in [0.2, 0.25) is 23.4 Å². The van der Waals surface area contributed by atoms with E-state index in [4.69, 9.17) is 48.5 Å². The van der Waals surface area contributed by atoms with E-state index in [1.807, 2.05) is 75.6 Å². The van der Waals surface area contributed by atoms with E-state index >= 15 is 0 Å². The van der Waals surface area contributed by atoms with Crippen molar-refractivity contribution < 1.29 is 59.8 Å². The number of hydrogen-bond acceptors (Lipinski definition) is 24. The van der Waals surface area contributed by atoms with Crippen molar-refractivity contribution in [2.24, 2.45) is 0 Å². The van der Waals surface area contributed by atoms with Gasteiger partial charge in [-0.1, -0.05) is 54.5 Å². The highest BCUT2D eigenvalue weighted by molar-refractivity contribution is 9.10. The number of benzene rings is 5. The number of nitrogens with one attached hydrogen (secondary N) is 1. The van der Waals surface area contributed by atoms with Crippen LogP contribution in [0.25, 0.3) is 51.0 Å². The number of ether oxygens (including phenoxy) is 5. The van der Waals surface area contributed by atoms with E-state index in [1.165, 1.54) is 44.6 Å². The molecule has 2 N–H and O–H groups in total. The molecule has 0 aliphatic heterocycles. The zero-order valence-corrected chi connectivity index (χ0v) is 68.1. The SMILES string of the molecule is CCc1nc(-c2ccc(CCc3c(F)cccc3OC)n3cnnc23)no1.CCc1nc(-c2ccc(CCc3c(F)cccc3OC)n3cnnc23)no1.COc1cccc(F)c1CCc1ccc(Br)c2nncn12.COc1cccc(F)c1CCc1ccc(C#N)c2nncn12.COc1cccc(F)c1CCc1ccc(C(=N)CO)c2nncn12. The molecule has 35 heteroatoms. The molecule has 29 nitrogen and oxygen atoms in total. The molecule has 0 atom stereocenters. The first-order valence-electron chi connectivity index (χ1n) is 38.1. The lowest BCUT2D eigenvalue weighted by Crippen LogP contribution is -2.09. The summed E-state index contributed by atoms with van der Waals surface area (Å²) in [6.07, 6.45) is 14.8. The minimum atomic E-state index is -0.367. The van der Waals surface area contributed by atoms with Crippen molar-refractivity contribution in [1.29, 1.82) is 10.7 Å². The quantitative estimate of drug-likeness (QED) is 0.0375. The zero-order chi connectivity index (χ0) is 85.1. The molecule has 0 unspecified atom stereocenters. The lowest BCUT2D eigenvalue weighted by Gasteiger charge is -2.11. The number of pyridine rings is 5. The van der Waals surface area contributed by atoms with Crippen LogP contribution in [0.4, 0.5) is 22.0 Å². The van der Waals surface area contributed by atoms with Crippen molar-refractivity contribution >= 4 is 49.9 Å². The van der Waals surface area contributed by atoms with Gasteiger partial charge in [0.1, 0.15) is 95.5 Å². The lowest BCUT2D eigenvalue weighted by molar-refractivity contribution is 0.357. The van der Waals surface area contributed by atoms with Gasteiger partial charge in [-0.2, -0.15) is 15.2 Å². The molecule has 121 heavy (non-hydrogen) atoms. The molecule has 0 saturated carbocycles. The van der Waals surface area contributed by atoms with Crippen LogP contribution >= 0.6 is 15.9 Å². The summed E-state index contributed by atoms with van der Waals surface area (Å²) in [5.41, 5.74) is 13.1. The third-order valence-electron chi connectivity index (χ3n) is 19.9. The summed E-state index contributed by atoms with van der Waals surface area (Å²) in [5, 5.41) is 74.1. The third kappa shape index (κ3) is 19.2. The predicted molar refractivity (Wildman–Crippen MR) is 438 cm³/mol. The van der Waals surface area contributed by atoms with Gasteiger partial charge in [0, 0.05) is 74.7 Å². The molecular weight excluding hydrogens is 1630 g/mol. The van der Waals surface area contributed by atoms with Gasteiger partial charge in [0.15, 0.2) is 28.2 Å². The van der Waals surface area contributed by atoms with Crippen molar-refractivity contribution in [3.63, 3.8) is 0 Å². The Bertz CT molecular complexity index is 6340. The molecule has 618 valence electrons. The monoisotopic (exact) mass is 1710 g/mol. The predicted octanol–water partition coefficient (Wildman–Crippen LogP) is 14.5. The van der Waals surface area contributed by atoms with Crippen LogP contribution < -0.4 is 23.7 Å². The Kier molecular flexibility index (Phi) is 27.8. The number of nitriles is 1. The number of nitrogens with zero attached hydrogens (tertiary/aromatic N) is 20. The summed E-state index contributed by atoms with van der Waals surface area (Å²) in [5.74, 6) is 3.45. The highest BCUT2D eigenvalue weighted by Gasteiger charge is 2.22. The van der Waals surface area contributed by atoms with Crippen LogP contribution in [0.2, 0.25) is 0 Å². The molecule has 5 aromatic carbocycles. The maximum atomic E-state index is 14.2. The second-order valence-electron chi connectivity index (χ2n) is 26.8. The highest BCUT2D eigenvalue weighted by atomic mass is 79.9. The number of fused-ring (bicyclic) bond motifs is 5. The molecule has 0 amide bonds. The Morgan fingerprint density at radius 2 is 0.694 bits per heavy atom. The zero-order valence-electron chi connectivity index (χ0n) is 66.5. The second kappa shape index (κ2) is 39.8. The van der Waals surface area contributed by atoms with Crippen LogP contribution in [0, 0.1) is 45.8 Å². The van der Waals surface area contributed by atoms with Crippen molar-refractivity contribution in [3.8, 4) is 57.6 Å². The number of hydrogen-bond donors (Lipinski definition) is 2. The van der Waals surface area contributed by atoms with E-state index in [0.29, 0.717) is 191 Å². The van der Waals surface area contributed by atoms with Crippen molar-refractivity contribution in [3.05, 3.63) is 296 Å². The van der Waals surface area contributed by atoms with Gasteiger partial charge in [-0.3, -0.25) is 22.0 Å². The smallest absolute Gasteiger partial charge is 0.226 e. The van der Waals surface area contributed by atoms with Crippen molar-refractivity contribution in [2.45, 2.75) is 90.9 Å². The van der Waals surface area contributed by atoms with Gasteiger partial charge < -0.3 is 43.2 Å². The number of halogens is 6. The van der Waals surface area contributed by atoms with E-state index in [2.05, 4.69) is 93.3 Å². The summed E-state index contributed by atoms with van der Waals surface area (Å²) in [7, 11) is 7.68. The second-order valence-corrected chi connectivity index (χ2v) is 27.7. The molecule has 17 rings (SSSR count). The molecule has 0 aliphatic rings. The van der Waals surface area contributed by atoms with E-state index in [9.17, 15) is 22.0 Å². The fourth-order valence-electron chi connectivity index (χ4n) is 13.7. The first kappa shape index (κ1) is 84.6. The maximum absolute atomic E-state index is 14.2. The minimum Gasteiger partial charge on any atom is -0.496 e. The van der Waals surface area contributed by atoms with Crippen LogP contribution in [0.1, 0.15) is 93.0 Å². The molecule has 0 aliphatic carbocycles. The van der Waals surface area contributed by atoms with Crippen LogP contribution in [-0.2, 0) is 77.0 Å². The largest absolute Gasteiger partial charge is 0.496 e. The average molecular weight is 1710 g/mol. The van der Waals surface area contributed by atoms with Gasteiger partial charge >= 0.3 is 0 Å². The van der Waals surface area contributed by atoms with Crippen LogP contribution in [-0.4, -0.2) is 146 Å². The number of aliphatic hydroxyl groups is 1. The first-order chi connectivity index (χ1) is 59.0. The average Bonchev–Trinajstić information content (AvgIpc) is 1.80. The Labute approximate surface area is 696 Å². The summed E-state index contributed by atoms with van der Waals surface area (Å²) in [6.45, 7) is 3.53. The van der Waals surface area contributed by atoms with Gasteiger partial charge in [0.25, 0.3) is 0 Å². The molecule has 0 fully saturated rings. The first-order valence-corrected chi connectivity index (χ1v) is 38.9. The Morgan fingerprint density at radius 3 is 1.02 bits per heavy atom. The van der Waals surface area contributed by atoms with E-state index in [1.54, 1.807) is 135 Å². The van der Waals surface area contributed by atoms with E-state index in [-0.39, 0.29) is 41.4 Å². The molecule has 12 heterocycles. The van der Waals surface area contributed by atoms with E-state index in [0.717, 1.165) is 49.7 Å². The standard InChI is InChI=1S/2C19H18FN5O2.C17H17FN4O2.C16H13FN4O.C15H13BrFN3O/c2*1-3-17-22-18(24-27-17)14-10-8-12(25-11-21-23-19(14)25)7-9-13-15(20)5-4-6-16(13)26-2;1-24-16-4-2-3-14(18)12(16)7-5-11-6-8-13(15(19)9-23)17-21-20-10-22(11)17;1-22-15-4-2-3-14(17)13(15)8-7-12-6-5-11(9-18)16-20-19-10-21(12)16;1-21-14-4-2-3-13(17)11(14)7-5-10-6-8-12(16)15-19-18-9-20(10)15/h2*4-6,8,10-11H,3,7,9H2,1-2H3;2-4,6,8,10,19,23H,5,7,9H2,1H3;2-6,10H,7-8H2,1H3;2-4,6,8-9H,5,7H2,1H3. The normalized spacial score (nSPS) is 11.0. The maximum Gasteiger partial charge on any atom is 0.226 e. The Hall–Kier alpha value is -14.3. The fourth-order valence-corrected chi connectivity index (χ4v) is 14.1. The fraction of sp³-hybridized carbons (Fsp3) is 0.233. The number of rotatable bonds is 26. The summed E-state index contributed by atoms with van der Waals surface area (Å²) >= 11 is 3.44. The summed E-state index contributed by atoms with van der Waals surface area (Å²) in [4.78, 5) is 8.72. The number of aryl methyl sites for hydroxylation is 7. The molecular formula is C86H79BrF5N21O8. The number of methoxy groups -OCH3 is 5. The highest BCUT2D eigenvalue weighted by Crippen LogP contribution is 2.32. The summed E-state index contributed by atoms with van der Waals surface area (Å²) in [6, 6.07) is 44.9. The Morgan fingerprint density at radius 1 is 0.397 bits per heavy atom. The van der Waals surface area contributed by atoms with E-state index < -0.39 is 0 Å². The van der Waals surface area contributed by atoms with Gasteiger partial charge in [0.05, 0.1) is 69.0 Å². The third-order valence-corrected chi connectivity index (χ3v) is 20.5. The van der Waals surface area contributed by atoms with Crippen LogP contribution in [0.5, 0.6) is 28.7 Å². The Balaban J connectivity index is 0.000000131. The molecule has 0 spiro atoms. The number of aromatic nitrogens is 19. The van der Waals surface area contributed by atoms with Crippen molar-refractivity contribution in [1.82, 2.24) is 93.3 Å². The molecule has 0 radical (unpaired) electrons. The molecule has 17 aromatic rings. The molecule has 0 saturated heterocycles. The lowest BCUT2D eigenvalue weighted by atomic mass is 10.0. The van der Waals surface area contributed by atoms with Gasteiger partial charge in [-0.15, -0.1) is 51.0 Å². The van der Waals surface area contributed by atoms with Crippen molar-refractivity contribution in [2.75, 3.05) is 42.2 Å². The molecule has 12 aromatic heterocycles.